The normalized spacial score (nSPS) is 18.9. The summed E-state index contributed by atoms with van der Waals surface area (Å²) in [5.74, 6) is -1.13. The summed E-state index contributed by atoms with van der Waals surface area (Å²) in [4.78, 5) is 18.9. The van der Waals surface area contributed by atoms with Crippen molar-refractivity contribution in [2.75, 3.05) is 13.7 Å². The topological polar surface area (TPSA) is 67.9 Å². The average molecular weight is 435 g/mol. The number of benzene rings is 2. The van der Waals surface area contributed by atoms with Gasteiger partial charge in [0.15, 0.2) is 11.5 Å². The highest BCUT2D eigenvalue weighted by atomic mass is 19.3. The zero-order chi connectivity index (χ0) is 22.8. The zero-order valence-corrected chi connectivity index (χ0v) is 16.9. The predicted octanol–water partition coefficient (Wildman–Crippen LogP) is 4.14. The number of carbonyl (C=O) groups is 1. The average Bonchev–Trinajstić information content (AvgIpc) is 2.95. The van der Waals surface area contributed by atoms with Gasteiger partial charge in [0, 0.05) is 12.6 Å². The maximum atomic E-state index is 14.3. The van der Waals surface area contributed by atoms with Crippen LogP contribution in [0.3, 0.4) is 0 Å². The molecular weight excluding hydrogens is 414 g/mol. The van der Waals surface area contributed by atoms with Crippen molar-refractivity contribution >= 4 is 17.9 Å². The van der Waals surface area contributed by atoms with Crippen molar-refractivity contribution in [3.8, 4) is 5.75 Å². The Hall–Kier alpha value is -3.36. The molecule has 1 aliphatic heterocycles. The smallest absolute Gasteiger partial charge is 0.387 e. The van der Waals surface area contributed by atoms with Gasteiger partial charge in [0.25, 0.3) is 5.91 Å². The van der Waals surface area contributed by atoms with Crippen LogP contribution in [0.2, 0.25) is 0 Å². The summed E-state index contributed by atoms with van der Waals surface area (Å²) in [5.41, 5.74) is 5.48. The first kappa shape index (κ1) is 22.3. The van der Waals surface area contributed by atoms with E-state index in [1.807, 2.05) is 0 Å². The monoisotopic (exact) mass is 435 g/mol. The molecule has 0 radical (unpaired) electrons. The van der Waals surface area contributed by atoms with Crippen LogP contribution < -0.4 is 10.5 Å². The lowest BCUT2D eigenvalue weighted by molar-refractivity contribution is -0.129. The fraction of sp³-hybridized carbons (Fsp3) is 0.273. The molecule has 31 heavy (non-hydrogen) atoms. The van der Waals surface area contributed by atoms with Gasteiger partial charge in [0.1, 0.15) is 11.6 Å². The van der Waals surface area contributed by atoms with Gasteiger partial charge in [-0.2, -0.15) is 8.78 Å². The molecule has 2 aromatic carbocycles. The van der Waals surface area contributed by atoms with Crippen LogP contribution in [-0.4, -0.2) is 37.1 Å². The number of guanidine groups is 1. The fourth-order valence-electron chi connectivity index (χ4n) is 3.46. The minimum Gasteiger partial charge on any atom is -0.435 e. The number of nitrogens with two attached hydrogens (primary N) is 1. The molecule has 2 N–H and O–H groups in total. The van der Waals surface area contributed by atoms with Crippen LogP contribution >= 0.6 is 0 Å². The largest absolute Gasteiger partial charge is 0.435 e. The van der Waals surface area contributed by atoms with Crippen molar-refractivity contribution in [3.63, 3.8) is 0 Å². The van der Waals surface area contributed by atoms with E-state index < -0.39 is 30.5 Å². The highest BCUT2D eigenvalue weighted by Gasteiger charge is 2.49. The van der Waals surface area contributed by atoms with Crippen molar-refractivity contribution in [3.05, 3.63) is 70.5 Å². The number of hydrogen-bond acceptors (Lipinski definition) is 4. The van der Waals surface area contributed by atoms with Crippen molar-refractivity contribution in [2.24, 2.45) is 10.7 Å². The van der Waals surface area contributed by atoms with Gasteiger partial charge < -0.3 is 10.5 Å². The number of rotatable bonds is 7. The van der Waals surface area contributed by atoms with E-state index in [4.69, 9.17) is 5.73 Å². The van der Waals surface area contributed by atoms with Crippen molar-refractivity contribution in [1.82, 2.24) is 4.90 Å². The third kappa shape index (κ3) is 4.12. The van der Waals surface area contributed by atoms with Gasteiger partial charge in [-0.1, -0.05) is 24.3 Å². The second-order valence-corrected chi connectivity index (χ2v) is 7.02. The number of amides is 1. The number of likely N-dealkylation sites (N-methyl/N-ethyl adjacent to an activating group) is 1. The summed E-state index contributed by atoms with van der Waals surface area (Å²) in [6.45, 7) is -2.03. The molecule has 2 aromatic rings. The lowest BCUT2D eigenvalue weighted by Crippen LogP contribution is -2.41. The summed E-state index contributed by atoms with van der Waals surface area (Å²) in [7, 11) is 1.45. The van der Waals surface area contributed by atoms with E-state index in [0.29, 0.717) is 16.7 Å². The number of hydrogen-bond donors (Lipinski definition) is 1. The molecule has 0 aliphatic carbocycles. The van der Waals surface area contributed by atoms with E-state index in [0.717, 1.165) is 0 Å². The standard InChI is InChI=1S/C22H21F4N3O2/c1-13-11-15(7-9-18(13)31-20(25)26)22(19(30)29(2)21(27)28-22)16-6-8-17(24)14(12-16)5-3-4-10-23/h3,5-9,11-12,20H,4,10H2,1-2H3,(H2,27,28). The molecule has 0 bridgehead atoms. The second kappa shape index (κ2) is 8.79. The number of aliphatic imine (C=N–C) groups is 1. The van der Waals surface area contributed by atoms with Gasteiger partial charge in [0.2, 0.25) is 0 Å². The maximum Gasteiger partial charge on any atom is 0.387 e. The number of alkyl halides is 3. The van der Waals surface area contributed by atoms with Crippen LogP contribution in [0.4, 0.5) is 17.6 Å². The minimum atomic E-state index is -3.00. The lowest BCUT2D eigenvalue weighted by atomic mass is 9.81. The van der Waals surface area contributed by atoms with Crippen molar-refractivity contribution in [2.45, 2.75) is 25.5 Å². The third-order valence-electron chi connectivity index (χ3n) is 5.04. The summed E-state index contributed by atoms with van der Waals surface area (Å²) in [6.07, 6.45) is 3.02. The summed E-state index contributed by atoms with van der Waals surface area (Å²) >= 11 is 0. The van der Waals surface area contributed by atoms with Crippen molar-refractivity contribution < 1.29 is 27.1 Å². The number of ether oxygens (including phenoxy) is 1. The van der Waals surface area contributed by atoms with Crippen LogP contribution in [0.25, 0.3) is 6.08 Å². The van der Waals surface area contributed by atoms with Gasteiger partial charge in [-0.05, 0) is 54.3 Å². The molecule has 1 aliphatic rings. The first-order chi connectivity index (χ1) is 14.7. The van der Waals surface area contributed by atoms with E-state index in [-0.39, 0.29) is 23.7 Å². The van der Waals surface area contributed by atoms with Crippen LogP contribution in [0.15, 0.2) is 47.5 Å². The molecule has 1 heterocycles. The fourth-order valence-corrected chi connectivity index (χ4v) is 3.46. The van der Waals surface area contributed by atoms with Crippen LogP contribution in [0.1, 0.15) is 28.7 Å². The maximum absolute atomic E-state index is 14.3. The van der Waals surface area contributed by atoms with E-state index in [2.05, 4.69) is 9.73 Å². The van der Waals surface area contributed by atoms with E-state index >= 15 is 0 Å². The van der Waals surface area contributed by atoms with Gasteiger partial charge in [-0.25, -0.2) is 9.38 Å². The Morgan fingerprint density at radius 1 is 1.23 bits per heavy atom. The molecule has 0 aromatic heterocycles. The molecule has 1 amide bonds. The molecule has 0 saturated heterocycles. The molecule has 0 spiro atoms. The van der Waals surface area contributed by atoms with Crippen molar-refractivity contribution in [1.29, 1.82) is 0 Å². The molecule has 9 heteroatoms. The predicted molar refractivity (Wildman–Crippen MR) is 109 cm³/mol. The van der Waals surface area contributed by atoms with Gasteiger partial charge in [0.05, 0.1) is 6.67 Å². The Labute approximate surface area is 176 Å². The lowest BCUT2D eigenvalue weighted by Gasteiger charge is -2.27. The first-order valence-corrected chi connectivity index (χ1v) is 9.42. The Kier molecular flexibility index (Phi) is 6.33. The minimum absolute atomic E-state index is 0.0430. The SMILES string of the molecule is Cc1cc(C2(c3ccc(F)c(C=CCCF)c3)N=C(N)N(C)C2=O)ccc1OC(F)F. The van der Waals surface area contributed by atoms with E-state index in [1.54, 1.807) is 6.92 Å². The Morgan fingerprint density at radius 2 is 1.90 bits per heavy atom. The molecule has 5 nitrogen and oxygen atoms in total. The van der Waals surface area contributed by atoms with E-state index in [1.165, 1.54) is 60.5 Å². The van der Waals surface area contributed by atoms with Crippen LogP contribution in [0, 0.1) is 12.7 Å². The summed E-state index contributed by atoms with van der Waals surface area (Å²) in [5, 5.41) is 0. The number of halogens is 4. The number of carbonyl (C=O) groups excluding carboxylic acids is 1. The Bertz CT molecular complexity index is 1060. The summed E-state index contributed by atoms with van der Waals surface area (Å²) in [6, 6.07) is 8.31. The highest BCUT2D eigenvalue weighted by Crippen LogP contribution is 2.41. The third-order valence-corrected chi connectivity index (χ3v) is 5.04. The summed E-state index contributed by atoms with van der Waals surface area (Å²) < 4.78 is 56.5. The van der Waals surface area contributed by atoms with Crippen LogP contribution in [-0.2, 0) is 10.3 Å². The highest BCUT2D eigenvalue weighted by molar-refractivity contribution is 6.09. The van der Waals surface area contributed by atoms with Gasteiger partial charge in [-0.3, -0.25) is 14.1 Å². The molecule has 1 unspecified atom stereocenters. The molecule has 164 valence electrons. The van der Waals surface area contributed by atoms with Gasteiger partial charge in [-0.15, -0.1) is 0 Å². The Morgan fingerprint density at radius 3 is 2.48 bits per heavy atom. The molecule has 0 fully saturated rings. The number of allylic oxidation sites excluding steroid dienone is 1. The number of nitrogens with zero attached hydrogens (tertiary/aromatic N) is 2. The van der Waals surface area contributed by atoms with E-state index in [9.17, 15) is 22.4 Å². The molecular formula is C22H21F4N3O2. The quantitative estimate of drug-likeness (QED) is 0.665. The van der Waals surface area contributed by atoms with Gasteiger partial charge >= 0.3 is 6.61 Å². The Balaban J connectivity index is 2.19. The van der Waals surface area contributed by atoms with Crippen LogP contribution in [0.5, 0.6) is 5.75 Å². The molecule has 3 rings (SSSR count). The molecule has 0 saturated carbocycles. The zero-order valence-electron chi connectivity index (χ0n) is 16.9. The number of aryl methyl sites for hydroxylation is 1. The molecule has 1 atom stereocenters. The second-order valence-electron chi connectivity index (χ2n) is 7.02. The first-order valence-electron chi connectivity index (χ1n) is 9.42.